The van der Waals surface area contributed by atoms with E-state index in [2.05, 4.69) is 31.7 Å². The molecule has 0 N–H and O–H groups in total. The van der Waals surface area contributed by atoms with Gasteiger partial charge in [0, 0.05) is 12.6 Å². The highest BCUT2D eigenvalue weighted by Gasteiger charge is 2.37. The van der Waals surface area contributed by atoms with Crippen molar-refractivity contribution in [3.63, 3.8) is 0 Å². The Balaban J connectivity index is 2.01. The first kappa shape index (κ1) is 13.9. The highest BCUT2D eigenvalue weighted by Crippen LogP contribution is 2.37. The summed E-state index contributed by atoms with van der Waals surface area (Å²) in [5.74, 6) is 1.09. The molecule has 2 aliphatic rings. The molecule has 2 heteroatoms. The van der Waals surface area contributed by atoms with E-state index in [9.17, 15) is 5.26 Å². The average molecular weight is 248 g/mol. The third kappa shape index (κ3) is 3.06. The van der Waals surface area contributed by atoms with Gasteiger partial charge in [-0.15, -0.1) is 0 Å². The van der Waals surface area contributed by atoms with E-state index in [1.165, 1.54) is 45.2 Å². The molecule has 2 fully saturated rings. The molecule has 18 heavy (non-hydrogen) atoms. The zero-order valence-corrected chi connectivity index (χ0v) is 12.3. The van der Waals surface area contributed by atoms with Gasteiger partial charge in [0.25, 0.3) is 0 Å². The summed E-state index contributed by atoms with van der Waals surface area (Å²) in [5.41, 5.74) is 0.418. The van der Waals surface area contributed by atoms with Gasteiger partial charge in [-0.05, 0) is 37.1 Å². The molecule has 0 aromatic carbocycles. The first-order chi connectivity index (χ1) is 8.52. The highest BCUT2D eigenvalue weighted by molar-refractivity contribution is 4.97. The molecule has 1 aliphatic carbocycles. The molecular weight excluding hydrogens is 220 g/mol. The molecule has 3 unspecified atom stereocenters. The van der Waals surface area contributed by atoms with Gasteiger partial charge in [-0.2, -0.15) is 5.26 Å². The predicted octanol–water partition coefficient (Wildman–Crippen LogP) is 3.83. The van der Waals surface area contributed by atoms with Crippen LogP contribution in [-0.4, -0.2) is 24.0 Å². The summed E-state index contributed by atoms with van der Waals surface area (Å²) in [6.45, 7) is 9.50. The fourth-order valence-corrected chi connectivity index (χ4v) is 3.67. The Bertz CT molecular complexity index is 310. The fourth-order valence-electron chi connectivity index (χ4n) is 3.67. The monoisotopic (exact) mass is 248 g/mol. The minimum Gasteiger partial charge on any atom is -0.299 e. The van der Waals surface area contributed by atoms with Crippen molar-refractivity contribution in [2.45, 2.75) is 65.3 Å². The molecule has 102 valence electrons. The van der Waals surface area contributed by atoms with Crippen molar-refractivity contribution in [2.24, 2.45) is 17.3 Å². The maximum absolute atomic E-state index is 9.40. The van der Waals surface area contributed by atoms with E-state index in [0.717, 1.165) is 12.3 Å². The number of nitriles is 1. The molecule has 0 aromatic rings. The Labute approximate surface area is 112 Å². The van der Waals surface area contributed by atoms with Crippen molar-refractivity contribution in [3.05, 3.63) is 0 Å². The van der Waals surface area contributed by atoms with Gasteiger partial charge in [0.05, 0.1) is 12.0 Å². The van der Waals surface area contributed by atoms with Crippen LogP contribution in [0.3, 0.4) is 0 Å². The van der Waals surface area contributed by atoms with E-state index in [4.69, 9.17) is 0 Å². The quantitative estimate of drug-likeness (QED) is 0.659. The lowest BCUT2D eigenvalue weighted by Crippen LogP contribution is -2.39. The second-order valence-corrected chi connectivity index (χ2v) is 7.29. The Morgan fingerprint density at radius 3 is 2.39 bits per heavy atom. The molecule has 0 aromatic heterocycles. The number of likely N-dealkylation sites (tertiary alicyclic amines) is 1. The van der Waals surface area contributed by atoms with Crippen LogP contribution in [0.15, 0.2) is 0 Å². The van der Waals surface area contributed by atoms with E-state index in [0.29, 0.717) is 11.5 Å². The lowest BCUT2D eigenvalue weighted by atomic mass is 9.80. The molecule has 0 spiro atoms. The molecule has 1 heterocycles. The Morgan fingerprint density at radius 1 is 1.06 bits per heavy atom. The van der Waals surface area contributed by atoms with Crippen molar-refractivity contribution in [1.82, 2.24) is 4.90 Å². The smallest absolute Gasteiger partial charge is 0.0672 e. The van der Waals surface area contributed by atoms with E-state index in [1.54, 1.807) is 0 Å². The second kappa shape index (κ2) is 5.61. The van der Waals surface area contributed by atoms with Gasteiger partial charge in [0.15, 0.2) is 0 Å². The van der Waals surface area contributed by atoms with Crippen molar-refractivity contribution in [3.8, 4) is 6.07 Å². The lowest BCUT2D eigenvalue weighted by molar-refractivity contribution is 0.162. The fraction of sp³-hybridized carbons (Fsp3) is 0.938. The molecule has 1 saturated carbocycles. The lowest BCUT2D eigenvalue weighted by Gasteiger charge is -2.32. The minimum absolute atomic E-state index is 0.284. The highest BCUT2D eigenvalue weighted by atomic mass is 15.2. The van der Waals surface area contributed by atoms with E-state index in [-0.39, 0.29) is 5.92 Å². The van der Waals surface area contributed by atoms with Gasteiger partial charge in [0.2, 0.25) is 0 Å². The molecule has 0 bridgehead atoms. The summed E-state index contributed by atoms with van der Waals surface area (Å²) in [6, 6.07) is 3.13. The SMILES string of the molecule is CC(C)(C)C1CCN(C2CCCCCC2C#N)C1. The van der Waals surface area contributed by atoms with Crippen LogP contribution in [0.4, 0.5) is 0 Å². The van der Waals surface area contributed by atoms with Gasteiger partial charge in [-0.1, -0.05) is 40.0 Å². The van der Waals surface area contributed by atoms with Crippen LogP contribution >= 0.6 is 0 Å². The molecule has 1 aliphatic heterocycles. The summed E-state index contributed by atoms with van der Waals surface area (Å²) in [5, 5.41) is 9.40. The van der Waals surface area contributed by atoms with Crippen LogP contribution in [-0.2, 0) is 0 Å². The Hall–Kier alpha value is -0.550. The van der Waals surface area contributed by atoms with Gasteiger partial charge >= 0.3 is 0 Å². The van der Waals surface area contributed by atoms with Crippen molar-refractivity contribution < 1.29 is 0 Å². The van der Waals surface area contributed by atoms with Gasteiger partial charge in [-0.3, -0.25) is 4.90 Å². The van der Waals surface area contributed by atoms with Gasteiger partial charge in [-0.25, -0.2) is 0 Å². The average Bonchev–Trinajstić information content (AvgIpc) is 2.68. The number of rotatable bonds is 1. The van der Waals surface area contributed by atoms with Crippen molar-refractivity contribution in [2.75, 3.05) is 13.1 Å². The molecule has 0 radical (unpaired) electrons. The van der Waals surface area contributed by atoms with E-state index >= 15 is 0 Å². The van der Waals surface area contributed by atoms with Crippen LogP contribution < -0.4 is 0 Å². The van der Waals surface area contributed by atoms with E-state index < -0.39 is 0 Å². The summed E-state index contributed by atoms with van der Waals surface area (Å²) >= 11 is 0. The Morgan fingerprint density at radius 2 is 1.78 bits per heavy atom. The van der Waals surface area contributed by atoms with Crippen LogP contribution in [0.1, 0.15) is 59.3 Å². The maximum atomic E-state index is 9.40. The van der Waals surface area contributed by atoms with Crippen molar-refractivity contribution in [1.29, 1.82) is 5.26 Å². The molecule has 2 rings (SSSR count). The number of nitrogens with zero attached hydrogens (tertiary/aromatic N) is 2. The summed E-state index contributed by atoms with van der Waals surface area (Å²) in [6.07, 6.45) is 7.58. The molecule has 1 saturated heterocycles. The minimum atomic E-state index is 0.284. The van der Waals surface area contributed by atoms with Crippen molar-refractivity contribution >= 4 is 0 Å². The largest absolute Gasteiger partial charge is 0.299 e. The normalized spacial score (nSPS) is 35.1. The first-order valence-corrected chi connectivity index (χ1v) is 7.66. The molecule has 0 amide bonds. The third-order valence-electron chi connectivity index (χ3n) is 5.06. The summed E-state index contributed by atoms with van der Waals surface area (Å²) in [4.78, 5) is 2.63. The number of hydrogen-bond acceptors (Lipinski definition) is 2. The third-order valence-corrected chi connectivity index (χ3v) is 5.06. The molecule has 2 nitrogen and oxygen atoms in total. The Kier molecular flexibility index (Phi) is 4.33. The second-order valence-electron chi connectivity index (χ2n) is 7.29. The predicted molar refractivity (Wildman–Crippen MR) is 75.1 cm³/mol. The molecule has 3 atom stereocenters. The van der Waals surface area contributed by atoms with Crippen LogP contribution in [0.2, 0.25) is 0 Å². The van der Waals surface area contributed by atoms with Gasteiger partial charge in [0.1, 0.15) is 0 Å². The standard InChI is InChI=1S/C16H28N2/c1-16(2,3)14-9-10-18(12-14)15-8-6-4-5-7-13(15)11-17/h13-15H,4-10,12H2,1-3H3. The molecular formula is C16H28N2. The number of hydrogen-bond donors (Lipinski definition) is 0. The van der Waals surface area contributed by atoms with Crippen LogP contribution in [0, 0.1) is 28.6 Å². The summed E-state index contributed by atoms with van der Waals surface area (Å²) in [7, 11) is 0. The first-order valence-electron chi connectivity index (χ1n) is 7.66. The summed E-state index contributed by atoms with van der Waals surface area (Å²) < 4.78 is 0. The van der Waals surface area contributed by atoms with Gasteiger partial charge < -0.3 is 0 Å². The van der Waals surface area contributed by atoms with Crippen LogP contribution in [0.25, 0.3) is 0 Å². The van der Waals surface area contributed by atoms with E-state index in [1.807, 2.05) is 0 Å². The zero-order chi connectivity index (χ0) is 13.2. The maximum Gasteiger partial charge on any atom is 0.0672 e. The van der Waals surface area contributed by atoms with Crippen LogP contribution in [0.5, 0.6) is 0 Å². The zero-order valence-electron chi connectivity index (χ0n) is 12.3. The topological polar surface area (TPSA) is 27.0 Å².